The van der Waals surface area contributed by atoms with Gasteiger partial charge < -0.3 is 33.9 Å². The van der Waals surface area contributed by atoms with E-state index in [9.17, 15) is 14.7 Å². The molecule has 0 spiro atoms. The fourth-order valence-corrected chi connectivity index (χ4v) is 5.18. The Morgan fingerprint density at radius 2 is 1.71 bits per heavy atom. The highest BCUT2D eigenvalue weighted by Gasteiger charge is 2.46. The van der Waals surface area contributed by atoms with Crippen LogP contribution in [0.25, 0.3) is 5.76 Å². The zero-order valence-corrected chi connectivity index (χ0v) is 24.2. The second-order valence-corrected chi connectivity index (χ2v) is 10.4. The zero-order valence-electron chi connectivity index (χ0n) is 24.2. The lowest BCUT2D eigenvalue weighted by atomic mass is 9.94. The number of carbonyl (C=O) groups is 2. The molecule has 1 amide bonds. The minimum Gasteiger partial charge on any atom is -0.507 e. The van der Waals surface area contributed by atoms with E-state index in [0.29, 0.717) is 73.5 Å². The topological polar surface area (TPSA) is 97.8 Å². The maximum atomic E-state index is 13.5. The van der Waals surface area contributed by atoms with E-state index in [0.717, 1.165) is 12.1 Å². The Bertz CT molecular complexity index is 1470. The van der Waals surface area contributed by atoms with Gasteiger partial charge in [0.15, 0.2) is 23.0 Å². The number of ether oxygens (including phenoxy) is 4. The molecule has 5 rings (SSSR count). The molecule has 1 N–H and O–H groups in total. The lowest BCUT2D eigenvalue weighted by molar-refractivity contribution is -0.139. The quantitative estimate of drug-likeness (QED) is 0.199. The number of ketones is 1. The van der Waals surface area contributed by atoms with Crippen LogP contribution in [0.5, 0.6) is 23.0 Å². The van der Waals surface area contributed by atoms with Crippen molar-refractivity contribution in [3.05, 3.63) is 89.0 Å². The second-order valence-electron chi connectivity index (χ2n) is 10.4. The predicted octanol–water partition coefficient (Wildman–Crippen LogP) is 4.81. The van der Waals surface area contributed by atoms with Crippen molar-refractivity contribution < 1.29 is 33.6 Å². The Morgan fingerprint density at radius 3 is 2.45 bits per heavy atom. The Morgan fingerprint density at radius 1 is 0.952 bits per heavy atom. The third-order valence-electron chi connectivity index (χ3n) is 7.18. The first-order valence-corrected chi connectivity index (χ1v) is 14.1. The van der Waals surface area contributed by atoms with Gasteiger partial charge in [-0.3, -0.25) is 9.59 Å². The van der Waals surface area contributed by atoms with Gasteiger partial charge in [-0.1, -0.05) is 36.4 Å². The lowest BCUT2D eigenvalue weighted by Gasteiger charge is -2.27. The first-order chi connectivity index (χ1) is 20.4. The van der Waals surface area contributed by atoms with Gasteiger partial charge >= 0.3 is 0 Å². The Hall–Kier alpha value is -4.50. The molecule has 9 nitrogen and oxygen atoms in total. The summed E-state index contributed by atoms with van der Waals surface area (Å²) in [6.45, 7) is 4.51. The molecule has 3 aromatic rings. The number of rotatable bonds is 11. The number of likely N-dealkylation sites (tertiary alicyclic amines) is 1. The third kappa shape index (κ3) is 6.21. The maximum absolute atomic E-state index is 13.5. The van der Waals surface area contributed by atoms with E-state index < -0.39 is 17.7 Å². The summed E-state index contributed by atoms with van der Waals surface area (Å²) < 4.78 is 23.3. The van der Waals surface area contributed by atoms with Gasteiger partial charge in [0.25, 0.3) is 11.7 Å². The summed E-state index contributed by atoms with van der Waals surface area (Å²) in [5.41, 5.74) is 2.02. The first kappa shape index (κ1) is 29.0. The van der Waals surface area contributed by atoms with Crippen molar-refractivity contribution >= 4 is 17.4 Å². The number of aliphatic hydroxyl groups excluding tert-OH is 1. The van der Waals surface area contributed by atoms with Gasteiger partial charge in [0.1, 0.15) is 25.6 Å². The number of hydrogen-bond donors (Lipinski definition) is 1. The first-order valence-electron chi connectivity index (χ1n) is 14.1. The van der Waals surface area contributed by atoms with Crippen LogP contribution in [0.15, 0.2) is 72.3 Å². The number of carbonyl (C=O) groups excluding carboxylic acids is 2. The Labute approximate surface area is 245 Å². The van der Waals surface area contributed by atoms with Crippen LogP contribution in [0.4, 0.5) is 0 Å². The summed E-state index contributed by atoms with van der Waals surface area (Å²) in [5.74, 6) is 0.407. The van der Waals surface area contributed by atoms with Crippen LogP contribution >= 0.6 is 0 Å². The number of fused-ring (bicyclic) bond motifs is 1. The Balaban J connectivity index is 1.55. The average molecular weight is 573 g/mol. The van der Waals surface area contributed by atoms with Crippen molar-refractivity contribution in [2.24, 2.45) is 0 Å². The van der Waals surface area contributed by atoms with Crippen LogP contribution in [0.1, 0.15) is 36.1 Å². The van der Waals surface area contributed by atoms with Crippen molar-refractivity contribution in [2.75, 3.05) is 47.0 Å². The van der Waals surface area contributed by atoms with Gasteiger partial charge in [-0.15, -0.1) is 0 Å². The number of Topliss-reactive ketones (excluding diaryl/α,β-unsaturated/α-hetero) is 1. The molecule has 0 aliphatic carbocycles. The number of amides is 1. The molecule has 1 atom stereocenters. The third-order valence-corrected chi connectivity index (χ3v) is 7.18. The molecule has 1 saturated heterocycles. The van der Waals surface area contributed by atoms with Crippen molar-refractivity contribution in [1.82, 2.24) is 9.80 Å². The van der Waals surface area contributed by atoms with Crippen molar-refractivity contribution in [3.63, 3.8) is 0 Å². The second kappa shape index (κ2) is 13.0. The van der Waals surface area contributed by atoms with Crippen LogP contribution in [0.2, 0.25) is 0 Å². The van der Waals surface area contributed by atoms with Gasteiger partial charge in [0.2, 0.25) is 0 Å². The molecule has 1 unspecified atom stereocenters. The number of benzene rings is 3. The molecule has 0 bridgehead atoms. The number of nitrogens with zero attached hydrogens (tertiary/aromatic N) is 2. The fraction of sp³-hybridized carbons (Fsp3) is 0.333. The highest BCUT2D eigenvalue weighted by molar-refractivity contribution is 6.46. The predicted molar refractivity (Wildman–Crippen MR) is 158 cm³/mol. The fourth-order valence-electron chi connectivity index (χ4n) is 5.18. The molecule has 0 saturated carbocycles. The molecule has 220 valence electrons. The molecule has 3 aromatic carbocycles. The van der Waals surface area contributed by atoms with Crippen LogP contribution in [-0.4, -0.2) is 73.6 Å². The van der Waals surface area contributed by atoms with Gasteiger partial charge in [-0.2, -0.15) is 0 Å². The van der Waals surface area contributed by atoms with E-state index in [1.807, 2.05) is 62.3 Å². The summed E-state index contributed by atoms with van der Waals surface area (Å²) in [6, 6.07) is 19.4. The highest BCUT2D eigenvalue weighted by atomic mass is 16.6. The van der Waals surface area contributed by atoms with Crippen molar-refractivity contribution in [2.45, 2.75) is 26.0 Å². The van der Waals surface area contributed by atoms with E-state index in [1.165, 1.54) is 4.90 Å². The van der Waals surface area contributed by atoms with Crippen molar-refractivity contribution in [1.29, 1.82) is 0 Å². The van der Waals surface area contributed by atoms with E-state index in [2.05, 4.69) is 0 Å². The monoisotopic (exact) mass is 572 g/mol. The minimum atomic E-state index is -0.817. The van der Waals surface area contributed by atoms with Gasteiger partial charge in [-0.25, -0.2) is 0 Å². The van der Waals surface area contributed by atoms with Crippen LogP contribution in [0, 0.1) is 0 Å². The lowest BCUT2D eigenvalue weighted by Crippen LogP contribution is -2.32. The normalized spacial score (nSPS) is 17.5. The van der Waals surface area contributed by atoms with Crippen LogP contribution < -0.4 is 18.9 Å². The van der Waals surface area contributed by atoms with E-state index in [1.54, 1.807) is 30.3 Å². The standard InChI is InChI=1S/C33H36N2O7/c1-4-39-27-19-23(11-13-26(27)42-21-22-9-6-5-7-10-22)30-29(32(37)33(38)35(30)16-8-15-34(2)3)31(36)24-12-14-25-28(20-24)41-18-17-40-25/h5-7,9-14,19-20,30,36H,4,8,15-18,21H2,1-3H3/b31-29-. The average Bonchev–Trinajstić information content (AvgIpc) is 3.25. The summed E-state index contributed by atoms with van der Waals surface area (Å²) in [7, 11) is 3.91. The van der Waals surface area contributed by atoms with E-state index >= 15 is 0 Å². The molecule has 2 aliphatic heterocycles. The molecule has 1 fully saturated rings. The summed E-state index contributed by atoms with van der Waals surface area (Å²) in [6.07, 6.45) is 0.650. The van der Waals surface area contributed by atoms with Gasteiger partial charge in [0, 0.05) is 12.1 Å². The number of hydrogen-bond acceptors (Lipinski definition) is 8. The molecule has 2 aliphatic rings. The molecular formula is C33H36N2O7. The van der Waals surface area contributed by atoms with Gasteiger partial charge in [-0.05, 0) is 75.4 Å². The number of aliphatic hydroxyl groups is 1. The van der Waals surface area contributed by atoms with Crippen LogP contribution in [0.3, 0.4) is 0 Å². The molecule has 0 aromatic heterocycles. The summed E-state index contributed by atoms with van der Waals surface area (Å²) >= 11 is 0. The zero-order chi connectivity index (χ0) is 29.6. The van der Waals surface area contributed by atoms with Crippen LogP contribution in [-0.2, 0) is 16.2 Å². The largest absolute Gasteiger partial charge is 0.507 e. The molecule has 9 heteroatoms. The summed E-state index contributed by atoms with van der Waals surface area (Å²) in [5, 5.41) is 11.5. The minimum absolute atomic E-state index is 0.0157. The molecule has 42 heavy (non-hydrogen) atoms. The van der Waals surface area contributed by atoms with E-state index in [-0.39, 0.29) is 11.3 Å². The van der Waals surface area contributed by atoms with Gasteiger partial charge in [0.05, 0.1) is 18.2 Å². The van der Waals surface area contributed by atoms with E-state index in [4.69, 9.17) is 18.9 Å². The smallest absolute Gasteiger partial charge is 0.295 e. The highest BCUT2D eigenvalue weighted by Crippen LogP contribution is 2.43. The van der Waals surface area contributed by atoms with Crippen molar-refractivity contribution in [3.8, 4) is 23.0 Å². The SMILES string of the molecule is CCOc1cc(C2/C(=C(/O)c3ccc4c(c3)OCCO4)C(=O)C(=O)N2CCCN(C)C)ccc1OCc1ccccc1. The summed E-state index contributed by atoms with van der Waals surface area (Å²) in [4.78, 5) is 30.5. The molecule has 0 radical (unpaired) electrons. The molecular weight excluding hydrogens is 536 g/mol. The maximum Gasteiger partial charge on any atom is 0.295 e. The Kier molecular flexibility index (Phi) is 8.97. The molecule has 2 heterocycles.